The molecule has 0 aliphatic heterocycles. The summed E-state index contributed by atoms with van der Waals surface area (Å²) in [4.78, 5) is 42.1. The average Bonchev–Trinajstić information content (AvgIpc) is 2.74. The minimum atomic E-state index is -0.735. The molecule has 178 valence electrons. The van der Waals surface area contributed by atoms with Gasteiger partial charge in [-0.25, -0.2) is 0 Å². The minimum absolute atomic E-state index is 0.182. The second kappa shape index (κ2) is 15.1. The van der Waals surface area contributed by atoms with E-state index in [0.29, 0.717) is 25.9 Å². The quantitative estimate of drug-likeness (QED) is 0.257. The van der Waals surface area contributed by atoms with Gasteiger partial charge in [0.25, 0.3) is 0 Å². The third kappa shape index (κ3) is 11.6. The number of carbonyl (C=O) groups excluding carboxylic acids is 3. The van der Waals surface area contributed by atoms with Gasteiger partial charge in [-0.1, -0.05) is 33.8 Å². The topological polar surface area (TPSA) is 126 Å². The van der Waals surface area contributed by atoms with Gasteiger partial charge in [-0.05, 0) is 61.8 Å². The van der Waals surface area contributed by atoms with E-state index in [0.717, 1.165) is 18.4 Å². The molecule has 0 fully saturated rings. The molecule has 0 saturated heterocycles. The summed E-state index contributed by atoms with van der Waals surface area (Å²) in [5.74, 6) is -0.543. The highest BCUT2D eigenvalue weighted by Gasteiger charge is 2.27. The average molecular weight is 446 g/mol. The van der Waals surface area contributed by atoms with Crippen molar-refractivity contribution in [3.63, 3.8) is 0 Å². The number of carbonyl (C=O) groups is 3. The summed E-state index contributed by atoms with van der Waals surface area (Å²) < 4.78 is 0. The van der Waals surface area contributed by atoms with Crippen LogP contribution in [0.4, 0.5) is 0 Å². The van der Waals surface area contributed by atoms with Crippen LogP contribution in [0.3, 0.4) is 0 Å². The predicted octanol–water partition coefficient (Wildman–Crippen LogP) is 2.01. The van der Waals surface area contributed by atoms with Gasteiger partial charge in [0, 0.05) is 25.0 Å². The summed E-state index contributed by atoms with van der Waals surface area (Å²) in [7, 11) is 0. The Kier molecular flexibility index (Phi) is 12.9. The molecule has 8 nitrogen and oxygen atoms in total. The predicted molar refractivity (Wildman–Crippen MR) is 127 cm³/mol. The number of nitrogens with two attached hydrogens (primary N) is 1. The highest BCUT2D eigenvalue weighted by Crippen LogP contribution is 2.09. The van der Waals surface area contributed by atoms with E-state index in [4.69, 9.17) is 5.73 Å². The number of hydrogen-bond acceptors (Lipinski definition) is 5. The Labute approximate surface area is 191 Å². The molecule has 0 aliphatic carbocycles. The van der Waals surface area contributed by atoms with Crippen LogP contribution in [0.2, 0.25) is 0 Å². The lowest BCUT2D eigenvalue weighted by Crippen LogP contribution is -2.54. The fourth-order valence-corrected chi connectivity index (χ4v) is 3.15. The maximum absolute atomic E-state index is 13.0. The van der Waals surface area contributed by atoms with Gasteiger partial charge in [0.05, 0.1) is 0 Å². The molecule has 0 radical (unpaired) electrons. The Hall–Kier alpha value is -2.74. The minimum Gasteiger partial charge on any atom is -0.354 e. The molecule has 2 unspecified atom stereocenters. The summed E-state index contributed by atoms with van der Waals surface area (Å²) in [6.45, 7) is 9.05. The standard InChI is InChI=1S/C24H39N5O3/c1-17(2)14-20(23(31)27-13-6-5-11-25)29-24(32)21(15-18(3)4)28-22(30)10-9-19-8-7-12-26-16-19/h7-10,12,16-18,20-21H,5-6,11,13-15,25H2,1-4H3,(H,27,31)(H,28,30)(H,29,32)/b10-9+. The molecule has 32 heavy (non-hydrogen) atoms. The summed E-state index contributed by atoms with van der Waals surface area (Å²) in [5, 5.41) is 8.49. The fraction of sp³-hybridized carbons (Fsp3) is 0.583. The number of nitrogens with one attached hydrogen (secondary N) is 3. The van der Waals surface area contributed by atoms with E-state index in [1.165, 1.54) is 6.08 Å². The van der Waals surface area contributed by atoms with Crippen molar-refractivity contribution in [2.45, 2.75) is 65.5 Å². The van der Waals surface area contributed by atoms with Crippen LogP contribution >= 0.6 is 0 Å². The number of aromatic nitrogens is 1. The van der Waals surface area contributed by atoms with Gasteiger partial charge in [-0.3, -0.25) is 19.4 Å². The lowest BCUT2D eigenvalue weighted by atomic mass is 10.00. The molecule has 1 rings (SSSR count). The van der Waals surface area contributed by atoms with Crippen LogP contribution in [0.25, 0.3) is 6.08 Å². The molecule has 0 saturated carbocycles. The normalized spacial score (nSPS) is 13.2. The van der Waals surface area contributed by atoms with E-state index >= 15 is 0 Å². The van der Waals surface area contributed by atoms with Gasteiger partial charge in [-0.15, -0.1) is 0 Å². The Morgan fingerprint density at radius 3 is 2.22 bits per heavy atom. The molecule has 2 atom stereocenters. The maximum atomic E-state index is 13.0. The van der Waals surface area contributed by atoms with Gasteiger partial charge in [0.2, 0.25) is 17.7 Å². The Morgan fingerprint density at radius 2 is 1.66 bits per heavy atom. The number of unbranched alkanes of at least 4 members (excludes halogenated alkanes) is 1. The number of amides is 3. The second-order valence-electron chi connectivity index (χ2n) is 8.79. The zero-order valence-corrected chi connectivity index (χ0v) is 19.8. The molecule has 5 N–H and O–H groups in total. The lowest BCUT2D eigenvalue weighted by Gasteiger charge is -2.25. The first kappa shape index (κ1) is 27.3. The lowest BCUT2D eigenvalue weighted by molar-refractivity contribution is -0.131. The molecule has 0 aliphatic rings. The molecule has 1 aromatic rings. The van der Waals surface area contributed by atoms with Gasteiger partial charge in [0.1, 0.15) is 12.1 Å². The smallest absolute Gasteiger partial charge is 0.244 e. The van der Waals surface area contributed by atoms with Crippen molar-refractivity contribution >= 4 is 23.8 Å². The SMILES string of the molecule is CC(C)CC(NC(=O)/C=C/c1cccnc1)C(=O)NC(CC(C)C)C(=O)NCCCCN. The van der Waals surface area contributed by atoms with Crippen LogP contribution in [0.15, 0.2) is 30.6 Å². The van der Waals surface area contributed by atoms with Crippen LogP contribution < -0.4 is 21.7 Å². The van der Waals surface area contributed by atoms with E-state index in [1.54, 1.807) is 24.5 Å². The maximum Gasteiger partial charge on any atom is 0.244 e. The van der Waals surface area contributed by atoms with Crippen molar-refractivity contribution in [2.24, 2.45) is 17.6 Å². The Morgan fingerprint density at radius 1 is 1.00 bits per heavy atom. The molecule has 0 aromatic carbocycles. The molecule has 1 heterocycles. The zero-order valence-electron chi connectivity index (χ0n) is 19.8. The third-order valence-corrected chi connectivity index (χ3v) is 4.72. The first-order valence-electron chi connectivity index (χ1n) is 11.4. The molecular weight excluding hydrogens is 406 g/mol. The van der Waals surface area contributed by atoms with Crippen LogP contribution in [0, 0.1) is 11.8 Å². The third-order valence-electron chi connectivity index (χ3n) is 4.72. The molecule has 8 heteroatoms. The fourth-order valence-electron chi connectivity index (χ4n) is 3.15. The number of rotatable bonds is 14. The van der Waals surface area contributed by atoms with E-state index in [9.17, 15) is 14.4 Å². The Bertz CT molecular complexity index is 734. The summed E-state index contributed by atoms with van der Waals surface area (Å²) in [6, 6.07) is 2.22. The molecule has 3 amide bonds. The summed E-state index contributed by atoms with van der Waals surface area (Å²) in [6.07, 6.45) is 8.92. The van der Waals surface area contributed by atoms with Crippen molar-refractivity contribution in [2.75, 3.05) is 13.1 Å². The number of pyridine rings is 1. The molecular formula is C24H39N5O3. The number of nitrogens with zero attached hydrogens (tertiary/aromatic N) is 1. The van der Waals surface area contributed by atoms with Gasteiger partial charge >= 0.3 is 0 Å². The highest BCUT2D eigenvalue weighted by molar-refractivity contribution is 5.96. The first-order valence-corrected chi connectivity index (χ1v) is 11.4. The van der Waals surface area contributed by atoms with Gasteiger partial charge < -0.3 is 21.7 Å². The largest absolute Gasteiger partial charge is 0.354 e. The van der Waals surface area contributed by atoms with E-state index < -0.39 is 12.1 Å². The summed E-state index contributed by atoms with van der Waals surface area (Å²) >= 11 is 0. The second-order valence-corrected chi connectivity index (χ2v) is 8.79. The molecule has 0 bridgehead atoms. The van der Waals surface area contributed by atoms with E-state index in [-0.39, 0.29) is 29.6 Å². The van der Waals surface area contributed by atoms with Crippen LogP contribution in [-0.2, 0) is 14.4 Å². The van der Waals surface area contributed by atoms with Crippen LogP contribution in [0.1, 0.15) is 58.9 Å². The monoisotopic (exact) mass is 445 g/mol. The van der Waals surface area contributed by atoms with E-state index in [1.807, 2.05) is 33.8 Å². The van der Waals surface area contributed by atoms with Crippen LogP contribution in [-0.4, -0.2) is 47.9 Å². The summed E-state index contributed by atoms with van der Waals surface area (Å²) in [5.41, 5.74) is 6.28. The van der Waals surface area contributed by atoms with E-state index in [2.05, 4.69) is 20.9 Å². The highest BCUT2D eigenvalue weighted by atomic mass is 16.2. The zero-order chi connectivity index (χ0) is 23.9. The Balaban J connectivity index is 2.79. The van der Waals surface area contributed by atoms with Crippen molar-refractivity contribution in [3.8, 4) is 0 Å². The van der Waals surface area contributed by atoms with Crippen molar-refractivity contribution < 1.29 is 14.4 Å². The van der Waals surface area contributed by atoms with Gasteiger partial charge in [0.15, 0.2) is 0 Å². The van der Waals surface area contributed by atoms with Gasteiger partial charge in [-0.2, -0.15) is 0 Å². The number of hydrogen-bond donors (Lipinski definition) is 4. The van der Waals surface area contributed by atoms with Crippen molar-refractivity contribution in [1.82, 2.24) is 20.9 Å². The van der Waals surface area contributed by atoms with Crippen molar-refractivity contribution in [1.29, 1.82) is 0 Å². The van der Waals surface area contributed by atoms with Crippen molar-refractivity contribution in [3.05, 3.63) is 36.2 Å². The molecule has 1 aromatic heterocycles. The van der Waals surface area contributed by atoms with Crippen LogP contribution in [0.5, 0.6) is 0 Å². The first-order chi connectivity index (χ1) is 15.2. The molecule has 0 spiro atoms.